The number of fused-ring (bicyclic) bond motifs is 2. The Morgan fingerprint density at radius 1 is 1.16 bits per heavy atom. The summed E-state index contributed by atoms with van der Waals surface area (Å²) in [6.07, 6.45) is -1.09. The number of alkyl halides is 3. The predicted octanol–water partition coefficient (Wildman–Crippen LogP) is 4.42. The summed E-state index contributed by atoms with van der Waals surface area (Å²) >= 11 is 0. The van der Waals surface area contributed by atoms with Crippen LogP contribution in [0.15, 0.2) is 24.3 Å². The minimum absolute atomic E-state index is 0.188. The van der Waals surface area contributed by atoms with E-state index in [0.717, 1.165) is 12.5 Å². The molecule has 3 aliphatic rings. The molecule has 4 nitrogen and oxygen atoms in total. The molecule has 2 bridgehead atoms. The Morgan fingerprint density at radius 3 is 2.45 bits per heavy atom. The summed E-state index contributed by atoms with van der Waals surface area (Å²) < 4.78 is 45.1. The molecule has 0 radical (unpaired) electrons. The Hall–Kier alpha value is -1.31. The van der Waals surface area contributed by atoms with Gasteiger partial charge in [0.05, 0.1) is 24.4 Å². The van der Waals surface area contributed by atoms with Gasteiger partial charge in [-0.2, -0.15) is 13.2 Å². The van der Waals surface area contributed by atoms with Crippen molar-refractivity contribution in [2.75, 3.05) is 44.2 Å². The number of aliphatic hydroxyl groups excluding tert-OH is 1. The Kier molecular flexibility index (Phi) is 6.07. The molecule has 31 heavy (non-hydrogen) atoms. The predicted molar refractivity (Wildman–Crippen MR) is 115 cm³/mol. The van der Waals surface area contributed by atoms with E-state index >= 15 is 0 Å². The highest BCUT2D eigenvalue weighted by atomic mass is 19.4. The molecule has 0 unspecified atom stereocenters. The SMILES string of the molecule is CC1(C)[C@@H]2CC[C@]1(C)[C@H](OC[C@H](O)CN1CCN(c3cccc(C(F)(F)F)c3)CC1)C2. The van der Waals surface area contributed by atoms with E-state index in [0.29, 0.717) is 56.4 Å². The van der Waals surface area contributed by atoms with E-state index in [2.05, 4.69) is 25.7 Å². The molecule has 3 fully saturated rings. The lowest BCUT2D eigenvalue weighted by molar-refractivity contribution is -0.137. The first-order chi connectivity index (χ1) is 14.5. The molecule has 1 aliphatic heterocycles. The average molecular weight is 441 g/mol. The van der Waals surface area contributed by atoms with Crippen LogP contribution >= 0.6 is 0 Å². The van der Waals surface area contributed by atoms with E-state index in [1.54, 1.807) is 6.07 Å². The molecule has 4 atom stereocenters. The first-order valence-corrected chi connectivity index (χ1v) is 11.4. The molecule has 1 aromatic rings. The van der Waals surface area contributed by atoms with E-state index in [9.17, 15) is 18.3 Å². The molecule has 174 valence electrons. The number of β-amino-alcohol motifs (C(OH)–C–C–N with tert-alkyl or cyclic N) is 1. The Bertz CT molecular complexity index is 776. The van der Waals surface area contributed by atoms with Crippen molar-refractivity contribution < 1.29 is 23.0 Å². The fourth-order valence-electron chi connectivity index (χ4n) is 6.03. The van der Waals surface area contributed by atoms with Crippen LogP contribution in [-0.2, 0) is 10.9 Å². The zero-order chi connectivity index (χ0) is 22.4. The van der Waals surface area contributed by atoms with E-state index in [1.165, 1.54) is 25.0 Å². The molecule has 0 spiro atoms. The Labute approximate surface area is 183 Å². The van der Waals surface area contributed by atoms with Crippen molar-refractivity contribution in [3.05, 3.63) is 29.8 Å². The number of hydrogen-bond donors (Lipinski definition) is 1. The average Bonchev–Trinajstić information content (AvgIpc) is 3.06. The summed E-state index contributed by atoms with van der Waals surface area (Å²) in [5.41, 5.74) is 0.471. The van der Waals surface area contributed by atoms with Gasteiger partial charge in [0, 0.05) is 38.4 Å². The van der Waals surface area contributed by atoms with Gasteiger partial charge in [-0.25, -0.2) is 0 Å². The van der Waals surface area contributed by atoms with Crippen LogP contribution in [0.25, 0.3) is 0 Å². The van der Waals surface area contributed by atoms with Crippen molar-refractivity contribution in [2.24, 2.45) is 16.7 Å². The second-order valence-corrected chi connectivity index (χ2v) is 10.4. The lowest BCUT2D eigenvalue weighted by atomic mass is 9.70. The fraction of sp³-hybridized carbons (Fsp3) is 0.750. The fourth-order valence-corrected chi connectivity index (χ4v) is 6.03. The standard InChI is InChI=1S/C24H35F3N2O2/c1-22(2)17-7-8-23(22,3)21(14-17)31-16-20(30)15-28-9-11-29(12-10-28)19-6-4-5-18(13-19)24(25,26)27/h4-6,13,17,20-21,30H,7-12,14-16H2,1-3H3/t17-,20-,21-,23-/m1/s1. The summed E-state index contributed by atoms with van der Waals surface area (Å²) in [4.78, 5) is 4.15. The van der Waals surface area contributed by atoms with Crippen LogP contribution in [0.3, 0.4) is 0 Å². The van der Waals surface area contributed by atoms with Crippen LogP contribution in [0.1, 0.15) is 45.6 Å². The third-order valence-corrected chi connectivity index (χ3v) is 8.58. The van der Waals surface area contributed by atoms with E-state index < -0.39 is 17.8 Å². The first-order valence-electron chi connectivity index (χ1n) is 11.4. The quantitative estimate of drug-likeness (QED) is 0.711. The minimum atomic E-state index is -4.33. The van der Waals surface area contributed by atoms with Gasteiger partial charge < -0.3 is 14.7 Å². The molecule has 1 heterocycles. The zero-order valence-corrected chi connectivity index (χ0v) is 18.8. The topological polar surface area (TPSA) is 35.9 Å². The highest BCUT2D eigenvalue weighted by Gasteiger charge is 2.61. The van der Waals surface area contributed by atoms with Crippen LogP contribution in [0.2, 0.25) is 0 Å². The van der Waals surface area contributed by atoms with Gasteiger partial charge in [0.25, 0.3) is 0 Å². The number of nitrogens with zero attached hydrogens (tertiary/aromatic N) is 2. The van der Waals surface area contributed by atoms with Crippen molar-refractivity contribution in [3.8, 4) is 0 Å². The third kappa shape index (κ3) is 4.33. The van der Waals surface area contributed by atoms with Crippen molar-refractivity contribution in [3.63, 3.8) is 0 Å². The smallest absolute Gasteiger partial charge is 0.389 e. The van der Waals surface area contributed by atoms with Crippen LogP contribution in [0.4, 0.5) is 18.9 Å². The number of halogens is 3. The molecule has 1 aromatic carbocycles. The maximum Gasteiger partial charge on any atom is 0.416 e. The summed E-state index contributed by atoms with van der Waals surface area (Å²) in [7, 11) is 0. The third-order valence-electron chi connectivity index (χ3n) is 8.58. The molecule has 1 saturated heterocycles. The van der Waals surface area contributed by atoms with Gasteiger partial charge in [-0.05, 0) is 54.2 Å². The highest BCUT2D eigenvalue weighted by molar-refractivity contribution is 5.49. The molecule has 0 amide bonds. The Morgan fingerprint density at radius 2 is 1.87 bits per heavy atom. The number of benzene rings is 1. The number of hydrogen-bond acceptors (Lipinski definition) is 4. The molecular weight excluding hydrogens is 405 g/mol. The van der Waals surface area contributed by atoms with Crippen LogP contribution in [-0.4, -0.2) is 61.5 Å². The van der Waals surface area contributed by atoms with Gasteiger partial charge in [0.15, 0.2) is 0 Å². The molecule has 4 rings (SSSR count). The molecule has 2 aliphatic carbocycles. The van der Waals surface area contributed by atoms with Gasteiger partial charge in [-0.3, -0.25) is 4.90 Å². The van der Waals surface area contributed by atoms with Crippen molar-refractivity contribution in [1.29, 1.82) is 0 Å². The van der Waals surface area contributed by atoms with Crippen molar-refractivity contribution in [2.45, 2.75) is 58.4 Å². The lowest BCUT2D eigenvalue weighted by Gasteiger charge is -2.40. The molecular formula is C24H35F3N2O2. The normalized spacial score (nSPS) is 31.9. The Balaban J connectivity index is 1.23. The van der Waals surface area contributed by atoms with Crippen molar-refractivity contribution >= 4 is 5.69 Å². The number of aliphatic hydroxyl groups is 1. The maximum absolute atomic E-state index is 13.0. The van der Waals surface area contributed by atoms with Gasteiger partial charge in [-0.1, -0.05) is 26.8 Å². The number of anilines is 1. The second-order valence-electron chi connectivity index (χ2n) is 10.4. The van der Waals surface area contributed by atoms with Crippen LogP contribution < -0.4 is 4.90 Å². The summed E-state index contributed by atoms with van der Waals surface area (Å²) in [5.74, 6) is 0.712. The first kappa shape index (κ1) is 22.9. The molecule has 2 saturated carbocycles. The van der Waals surface area contributed by atoms with E-state index in [1.807, 2.05) is 4.90 Å². The van der Waals surface area contributed by atoms with Gasteiger partial charge in [0.1, 0.15) is 0 Å². The minimum Gasteiger partial charge on any atom is -0.389 e. The summed E-state index contributed by atoms with van der Waals surface area (Å²) in [6.45, 7) is 10.6. The van der Waals surface area contributed by atoms with Crippen LogP contribution in [0.5, 0.6) is 0 Å². The maximum atomic E-state index is 13.0. The van der Waals surface area contributed by atoms with Crippen molar-refractivity contribution in [1.82, 2.24) is 4.90 Å². The van der Waals surface area contributed by atoms with E-state index in [4.69, 9.17) is 4.74 Å². The number of rotatable bonds is 6. The lowest BCUT2D eigenvalue weighted by Crippen LogP contribution is -2.49. The molecule has 0 aromatic heterocycles. The van der Waals surface area contributed by atoms with E-state index in [-0.39, 0.29) is 11.5 Å². The zero-order valence-electron chi connectivity index (χ0n) is 18.8. The highest BCUT2D eigenvalue weighted by Crippen LogP contribution is 2.66. The molecule has 7 heteroatoms. The number of piperazine rings is 1. The largest absolute Gasteiger partial charge is 0.416 e. The second kappa shape index (κ2) is 8.23. The van der Waals surface area contributed by atoms with Crippen LogP contribution in [0, 0.1) is 16.7 Å². The monoisotopic (exact) mass is 440 g/mol. The molecule has 1 N–H and O–H groups in total. The van der Waals surface area contributed by atoms with Gasteiger partial charge >= 0.3 is 6.18 Å². The summed E-state index contributed by atoms with van der Waals surface area (Å²) in [6, 6.07) is 5.51. The number of ether oxygens (including phenoxy) is 1. The summed E-state index contributed by atoms with van der Waals surface area (Å²) in [5, 5.41) is 10.5. The van der Waals surface area contributed by atoms with Gasteiger partial charge in [-0.15, -0.1) is 0 Å². The van der Waals surface area contributed by atoms with Gasteiger partial charge in [0.2, 0.25) is 0 Å².